The summed E-state index contributed by atoms with van der Waals surface area (Å²) in [5.74, 6) is -0.397. The lowest BCUT2D eigenvalue weighted by molar-refractivity contribution is -0.111. The molecule has 2 aromatic rings. The fourth-order valence-corrected chi connectivity index (χ4v) is 3.20. The zero-order valence-electron chi connectivity index (χ0n) is 17.9. The van der Waals surface area contributed by atoms with Crippen molar-refractivity contribution in [2.24, 2.45) is 10.2 Å². The van der Waals surface area contributed by atoms with E-state index in [1.807, 2.05) is 0 Å². The summed E-state index contributed by atoms with van der Waals surface area (Å²) in [6.07, 6.45) is -0.465. The second-order valence-corrected chi connectivity index (χ2v) is 8.39. The molecule has 0 aliphatic carbocycles. The Balaban J connectivity index is 2.21. The SMILES string of the molecule is C=N/N=C(\OCC(F)F)c1ccc(CN(C)C(=O)c2ccc(Br)cc2C(C)(C)C=O)nc1. The van der Waals surface area contributed by atoms with Crippen LogP contribution in [0.25, 0.3) is 0 Å². The standard InChI is InChI=1S/C22H23BrF2N4O3/c1-22(2,13-30)18-9-15(23)6-8-17(18)21(31)29(4)11-16-7-5-14(10-27-16)20(28-26-3)32-12-19(24)25/h5-10,13,19H,3,11-12H2,1-2,4H3/b28-20-. The summed E-state index contributed by atoms with van der Waals surface area (Å²) < 4.78 is 30.5. The van der Waals surface area contributed by atoms with E-state index >= 15 is 0 Å². The van der Waals surface area contributed by atoms with Crippen LogP contribution >= 0.6 is 15.9 Å². The molecule has 0 N–H and O–H groups in total. The molecule has 0 radical (unpaired) electrons. The van der Waals surface area contributed by atoms with Gasteiger partial charge in [-0.1, -0.05) is 15.9 Å². The van der Waals surface area contributed by atoms with Crippen molar-refractivity contribution in [3.05, 3.63) is 63.4 Å². The predicted molar refractivity (Wildman–Crippen MR) is 121 cm³/mol. The summed E-state index contributed by atoms with van der Waals surface area (Å²) in [4.78, 5) is 30.4. The van der Waals surface area contributed by atoms with Gasteiger partial charge in [0.15, 0.2) is 6.61 Å². The first-order chi connectivity index (χ1) is 15.1. The smallest absolute Gasteiger partial charge is 0.272 e. The molecule has 0 aliphatic heterocycles. The molecule has 1 aromatic heterocycles. The van der Waals surface area contributed by atoms with Gasteiger partial charge in [-0.25, -0.2) is 8.78 Å². The number of nitrogens with zero attached hydrogens (tertiary/aromatic N) is 4. The van der Waals surface area contributed by atoms with Gasteiger partial charge in [-0.3, -0.25) is 9.78 Å². The Morgan fingerprint density at radius 1 is 1.34 bits per heavy atom. The molecular weight excluding hydrogens is 486 g/mol. The molecule has 0 unspecified atom stereocenters. The highest BCUT2D eigenvalue weighted by Gasteiger charge is 2.27. The first kappa shape index (κ1) is 25.3. The normalized spacial score (nSPS) is 11.9. The van der Waals surface area contributed by atoms with E-state index in [1.165, 1.54) is 11.1 Å². The third kappa shape index (κ3) is 6.49. The highest BCUT2D eigenvalue weighted by Crippen LogP contribution is 2.28. The lowest BCUT2D eigenvalue weighted by atomic mass is 9.83. The Bertz CT molecular complexity index is 1010. The summed E-state index contributed by atoms with van der Waals surface area (Å²) in [5.41, 5.74) is 1.08. The van der Waals surface area contributed by atoms with E-state index in [0.29, 0.717) is 22.4 Å². The molecule has 0 atom stereocenters. The van der Waals surface area contributed by atoms with Crippen LogP contribution < -0.4 is 0 Å². The minimum atomic E-state index is -2.66. The maximum Gasteiger partial charge on any atom is 0.272 e. The second kappa shape index (κ2) is 11.0. The van der Waals surface area contributed by atoms with Gasteiger partial charge in [-0.15, -0.1) is 5.10 Å². The predicted octanol–water partition coefficient (Wildman–Crippen LogP) is 4.24. The molecule has 1 aromatic carbocycles. The van der Waals surface area contributed by atoms with Gasteiger partial charge in [0.05, 0.1) is 17.8 Å². The van der Waals surface area contributed by atoms with E-state index in [9.17, 15) is 18.4 Å². The Hall–Kier alpha value is -3.01. The van der Waals surface area contributed by atoms with Crippen LogP contribution in [0, 0.1) is 0 Å². The summed E-state index contributed by atoms with van der Waals surface area (Å²) in [6.45, 7) is 6.03. The maximum absolute atomic E-state index is 13.1. The van der Waals surface area contributed by atoms with Crippen LogP contribution in [-0.4, -0.2) is 54.8 Å². The second-order valence-electron chi connectivity index (χ2n) is 7.48. The molecule has 2 rings (SSSR count). The van der Waals surface area contributed by atoms with Crippen molar-refractivity contribution >= 4 is 40.7 Å². The first-order valence-electron chi connectivity index (χ1n) is 9.50. The summed E-state index contributed by atoms with van der Waals surface area (Å²) in [6, 6.07) is 8.38. The average molecular weight is 509 g/mol. The van der Waals surface area contributed by atoms with Crippen LogP contribution in [-0.2, 0) is 21.5 Å². The largest absolute Gasteiger partial charge is 0.470 e. The third-order valence-corrected chi connectivity index (χ3v) is 5.02. The number of alkyl halides is 2. The van der Waals surface area contributed by atoms with Gasteiger partial charge in [-0.05, 0) is 49.7 Å². The molecule has 0 aliphatic rings. The number of hydrogen-bond acceptors (Lipinski definition) is 6. The molecule has 0 saturated carbocycles. The summed E-state index contributed by atoms with van der Waals surface area (Å²) >= 11 is 3.38. The van der Waals surface area contributed by atoms with Crippen LogP contribution in [0.4, 0.5) is 8.78 Å². The number of hydrogen-bond donors (Lipinski definition) is 0. The van der Waals surface area contributed by atoms with Gasteiger partial charge in [0.1, 0.15) is 6.29 Å². The van der Waals surface area contributed by atoms with E-state index in [-0.39, 0.29) is 18.3 Å². The van der Waals surface area contributed by atoms with Crippen LogP contribution in [0.1, 0.15) is 41.0 Å². The highest BCUT2D eigenvalue weighted by molar-refractivity contribution is 9.10. The van der Waals surface area contributed by atoms with Crippen molar-refractivity contribution in [2.45, 2.75) is 32.2 Å². The zero-order chi connectivity index (χ0) is 23.9. The molecular formula is C22H23BrF2N4O3. The topological polar surface area (TPSA) is 84.2 Å². The lowest BCUT2D eigenvalue weighted by Crippen LogP contribution is -2.30. The van der Waals surface area contributed by atoms with Crippen molar-refractivity contribution in [1.82, 2.24) is 9.88 Å². The molecule has 0 fully saturated rings. The number of amides is 1. The van der Waals surface area contributed by atoms with E-state index in [1.54, 1.807) is 51.2 Å². The molecule has 1 amide bonds. The van der Waals surface area contributed by atoms with Crippen molar-refractivity contribution < 1.29 is 23.1 Å². The monoisotopic (exact) mass is 508 g/mol. The number of ether oxygens (including phenoxy) is 1. The maximum atomic E-state index is 13.1. The van der Waals surface area contributed by atoms with E-state index in [4.69, 9.17) is 4.74 Å². The number of benzene rings is 1. The fraction of sp³-hybridized carbons (Fsp3) is 0.318. The molecule has 0 bridgehead atoms. The summed E-state index contributed by atoms with van der Waals surface area (Å²) in [5, 5.41) is 6.93. The van der Waals surface area contributed by atoms with Gasteiger partial charge in [0, 0.05) is 35.4 Å². The zero-order valence-corrected chi connectivity index (χ0v) is 19.5. The minimum absolute atomic E-state index is 0.126. The first-order valence-corrected chi connectivity index (χ1v) is 10.3. The molecule has 32 heavy (non-hydrogen) atoms. The molecule has 170 valence electrons. The Morgan fingerprint density at radius 3 is 2.62 bits per heavy atom. The lowest BCUT2D eigenvalue weighted by Gasteiger charge is -2.24. The Kier molecular flexibility index (Phi) is 8.71. The van der Waals surface area contributed by atoms with E-state index in [0.717, 1.165) is 10.8 Å². The van der Waals surface area contributed by atoms with Crippen LogP contribution in [0.5, 0.6) is 0 Å². The fourth-order valence-electron chi connectivity index (χ4n) is 2.84. The number of carbonyl (C=O) groups is 2. The summed E-state index contributed by atoms with van der Waals surface area (Å²) in [7, 11) is 1.62. The molecule has 1 heterocycles. The Labute approximate surface area is 193 Å². The van der Waals surface area contributed by atoms with Crippen LogP contribution in [0.15, 0.2) is 51.2 Å². The number of rotatable bonds is 9. The molecule has 0 spiro atoms. The van der Waals surface area contributed by atoms with Crippen LogP contribution in [0.2, 0.25) is 0 Å². The highest BCUT2D eigenvalue weighted by atomic mass is 79.9. The number of halogens is 3. The molecule has 7 nitrogen and oxygen atoms in total. The van der Waals surface area contributed by atoms with Crippen molar-refractivity contribution in [3.63, 3.8) is 0 Å². The third-order valence-electron chi connectivity index (χ3n) is 4.53. The molecule has 10 heteroatoms. The van der Waals surface area contributed by atoms with Gasteiger partial charge in [-0.2, -0.15) is 5.10 Å². The van der Waals surface area contributed by atoms with Crippen molar-refractivity contribution in [2.75, 3.05) is 13.7 Å². The van der Waals surface area contributed by atoms with Crippen molar-refractivity contribution in [3.8, 4) is 0 Å². The number of pyridine rings is 1. The number of carbonyl (C=O) groups excluding carboxylic acids is 2. The van der Waals surface area contributed by atoms with Gasteiger partial charge < -0.3 is 14.4 Å². The van der Waals surface area contributed by atoms with Gasteiger partial charge in [0.2, 0.25) is 5.90 Å². The van der Waals surface area contributed by atoms with E-state index < -0.39 is 18.4 Å². The quantitative estimate of drug-likeness (QED) is 0.219. The number of aldehydes is 1. The van der Waals surface area contributed by atoms with E-state index in [2.05, 4.69) is 37.8 Å². The van der Waals surface area contributed by atoms with Crippen LogP contribution in [0.3, 0.4) is 0 Å². The molecule has 0 saturated heterocycles. The average Bonchev–Trinajstić information content (AvgIpc) is 2.76. The van der Waals surface area contributed by atoms with Gasteiger partial charge >= 0.3 is 0 Å². The number of aromatic nitrogens is 1. The minimum Gasteiger partial charge on any atom is -0.470 e. The Morgan fingerprint density at radius 2 is 2.06 bits per heavy atom. The van der Waals surface area contributed by atoms with Crippen molar-refractivity contribution in [1.29, 1.82) is 0 Å². The van der Waals surface area contributed by atoms with Gasteiger partial charge in [0.25, 0.3) is 12.3 Å².